The predicted molar refractivity (Wildman–Crippen MR) is 130 cm³/mol. The summed E-state index contributed by atoms with van der Waals surface area (Å²) in [6.07, 6.45) is 11.0. The third kappa shape index (κ3) is 8.87. The lowest BCUT2D eigenvalue weighted by Crippen LogP contribution is -2.49. The molecule has 3 aliphatic rings. The maximum Gasteiger partial charge on any atom is 0.191 e. The maximum atomic E-state index is 5.68. The summed E-state index contributed by atoms with van der Waals surface area (Å²) in [6, 6.07) is 0.462. The Labute approximate surface area is 195 Å². The van der Waals surface area contributed by atoms with E-state index in [1.165, 1.54) is 44.9 Å². The number of ether oxygens (including phenoxy) is 2. The Hall–Kier alpha value is -0.120. The molecule has 2 N–H and O–H groups in total. The lowest BCUT2D eigenvalue weighted by molar-refractivity contribution is 0.00368. The van der Waals surface area contributed by atoms with Crippen LogP contribution < -0.4 is 10.6 Å². The van der Waals surface area contributed by atoms with Gasteiger partial charge >= 0.3 is 0 Å². The van der Waals surface area contributed by atoms with Crippen LogP contribution in [0.15, 0.2) is 4.99 Å². The average molecular weight is 523 g/mol. The zero-order valence-electron chi connectivity index (χ0n) is 18.4. The Kier molecular flexibility index (Phi) is 12.8. The van der Waals surface area contributed by atoms with E-state index in [0.29, 0.717) is 12.0 Å². The highest BCUT2D eigenvalue weighted by Crippen LogP contribution is 2.27. The summed E-state index contributed by atoms with van der Waals surface area (Å²) in [7, 11) is 0. The first-order valence-corrected chi connectivity index (χ1v) is 11.8. The van der Waals surface area contributed by atoms with Gasteiger partial charge in [-0.2, -0.15) is 0 Å². The molecule has 6 nitrogen and oxygen atoms in total. The Morgan fingerprint density at radius 2 is 1.83 bits per heavy atom. The minimum atomic E-state index is 0. The summed E-state index contributed by atoms with van der Waals surface area (Å²) in [4.78, 5) is 7.54. The summed E-state index contributed by atoms with van der Waals surface area (Å²) in [5.74, 6) is 2.53. The number of hydrogen-bond acceptors (Lipinski definition) is 4. The first-order valence-electron chi connectivity index (χ1n) is 11.8. The van der Waals surface area contributed by atoms with Crippen molar-refractivity contribution >= 4 is 29.9 Å². The summed E-state index contributed by atoms with van der Waals surface area (Å²) in [6.45, 7) is 10.4. The van der Waals surface area contributed by atoms with Gasteiger partial charge in [0.25, 0.3) is 0 Å². The number of rotatable bonds is 9. The molecule has 29 heavy (non-hydrogen) atoms. The van der Waals surface area contributed by atoms with Gasteiger partial charge in [0.05, 0.1) is 26.4 Å². The molecule has 1 aliphatic carbocycles. The van der Waals surface area contributed by atoms with Gasteiger partial charge in [-0.3, -0.25) is 9.89 Å². The molecule has 0 aromatic rings. The van der Waals surface area contributed by atoms with Crippen molar-refractivity contribution < 1.29 is 9.47 Å². The topological polar surface area (TPSA) is 58.1 Å². The van der Waals surface area contributed by atoms with Gasteiger partial charge in [0.1, 0.15) is 0 Å². The lowest BCUT2D eigenvalue weighted by atomic mass is 9.86. The van der Waals surface area contributed by atoms with E-state index in [2.05, 4.69) is 22.5 Å². The number of nitrogens with zero attached hydrogens (tertiary/aromatic N) is 2. The Morgan fingerprint density at radius 1 is 1.03 bits per heavy atom. The van der Waals surface area contributed by atoms with Crippen LogP contribution >= 0.6 is 24.0 Å². The van der Waals surface area contributed by atoms with Crippen LogP contribution in [0.4, 0.5) is 0 Å². The highest BCUT2D eigenvalue weighted by molar-refractivity contribution is 14.0. The molecule has 2 unspecified atom stereocenters. The molecule has 170 valence electrons. The zero-order chi connectivity index (χ0) is 19.4. The van der Waals surface area contributed by atoms with E-state index in [4.69, 9.17) is 14.5 Å². The van der Waals surface area contributed by atoms with Crippen LogP contribution in [0.3, 0.4) is 0 Å². The second-order valence-corrected chi connectivity index (χ2v) is 8.63. The van der Waals surface area contributed by atoms with Crippen LogP contribution in [0.1, 0.15) is 58.3 Å². The van der Waals surface area contributed by atoms with Gasteiger partial charge in [0, 0.05) is 44.7 Å². The molecule has 3 rings (SSSR count). The number of guanidine groups is 1. The van der Waals surface area contributed by atoms with Crippen molar-refractivity contribution in [2.24, 2.45) is 16.8 Å². The summed E-state index contributed by atoms with van der Waals surface area (Å²) >= 11 is 0. The molecule has 0 aromatic heterocycles. The number of hydrogen-bond donors (Lipinski definition) is 2. The fourth-order valence-corrected chi connectivity index (χ4v) is 4.93. The van der Waals surface area contributed by atoms with Gasteiger partial charge in [0.15, 0.2) is 5.96 Å². The largest absolute Gasteiger partial charge is 0.381 e. The van der Waals surface area contributed by atoms with E-state index in [1.54, 1.807) is 0 Å². The molecular formula is C22H43IN4O2. The SMILES string of the molecule is CCNC(=NCC(C1CCOC1)N1CCOCC1)NCCCC1CCCCC1.I. The molecule has 2 saturated heterocycles. The molecule has 2 atom stereocenters. The minimum Gasteiger partial charge on any atom is -0.381 e. The summed E-state index contributed by atoms with van der Waals surface area (Å²) in [5, 5.41) is 7.01. The fourth-order valence-electron chi connectivity index (χ4n) is 4.93. The van der Waals surface area contributed by atoms with Crippen molar-refractivity contribution in [1.29, 1.82) is 0 Å². The molecule has 0 radical (unpaired) electrons. The lowest BCUT2D eigenvalue weighted by Gasteiger charge is -2.36. The molecular weight excluding hydrogens is 479 g/mol. The maximum absolute atomic E-state index is 5.68. The van der Waals surface area contributed by atoms with E-state index >= 15 is 0 Å². The molecule has 0 spiro atoms. The Morgan fingerprint density at radius 3 is 2.52 bits per heavy atom. The minimum absolute atomic E-state index is 0. The van der Waals surface area contributed by atoms with E-state index in [9.17, 15) is 0 Å². The van der Waals surface area contributed by atoms with Crippen LogP contribution in [0.25, 0.3) is 0 Å². The first-order chi connectivity index (χ1) is 13.9. The second-order valence-electron chi connectivity index (χ2n) is 8.63. The molecule has 0 amide bonds. The van der Waals surface area contributed by atoms with Gasteiger partial charge in [-0.1, -0.05) is 32.1 Å². The highest BCUT2D eigenvalue weighted by atomic mass is 127. The van der Waals surface area contributed by atoms with Gasteiger partial charge in [-0.15, -0.1) is 24.0 Å². The van der Waals surface area contributed by atoms with Crippen molar-refractivity contribution in [3.8, 4) is 0 Å². The predicted octanol–water partition coefficient (Wildman–Crippen LogP) is 3.26. The van der Waals surface area contributed by atoms with Crippen LogP contribution in [-0.2, 0) is 9.47 Å². The quantitative estimate of drug-likeness (QED) is 0.211. The van der Waals surface area contributed by atoms with Gasteiger partial charge in [-0.05, 0) is 32.1 Å². The van der Waals surface area contributed by atoms with Crippen molar-refractivity contribution in [3.05, 3.63) is 0 Å². The second kappa shape index (κ2) is 14.8. The first kappa shape index (κ1) is 25.1. The Bertz CT molecular complexity index is 448. The molecule has 2 heterocycles. The molecule has 0 aromatic carbocycles. The zero-order valence-corrected chi connectivity index (χ0v) is 20.7. The van der Waals surface area contributed by atoms with E-state index in [0.717, 1.165) is 77.4 Å². The van der Waals surface area contributed by atoms with Crippen LogP contribution in [-0.4, -0.2) is 76.1 Å². The van der Waals surface area contributed by atoms with Crippen LogP contribution in [0, 0.1) is 11.8 Å². The summed E-state index contributed by atoms with van der Waals surface area (Å²) < 4.78 is 11.2. The number of nitrogens with one attached hydrogen (secondary N) is 2. The van der Waals surface area contributed by atoms with E-state index in [1.807, 2.05) is 0 Å². The molecule has 0 bridgehead atoms. The molecule has 3 fully saturated rings. The van der Waals surface area contributed by atoms with Gasteiger partial charge < -0.3 is 20.1 Å². The fraction of sp³-hybridized carbons (Fsp3) is 0.955. The third-order valence-corrected chi connectivity index (χ3v) is 6.61. The monoisotopic (exact) mass is 522 g/mol. The highest BCUT2D eigenvalue weighted by Gasteiger charge is 2.31. The number of aliphatic imine (C=N–C) groups is 1. The van der Waals surface area contributed by atoms with E-state index in [-0.39, 0.29) is 24.0 Å². The number of morpholine rings is 1. The smallest absolute Gasteiger partial charge is 0.191 e. The van der Waals surface area contributed by atoms with E-state index < -0.39 is 0 Å². The van der Waals surface area contributed by atoms with Gasteiger partial charge in [0.2, 0.25) is 0 Å². The van der Waals surface area contributed by atoms with Crippen molar-refractivity contribution in [2.75, 3.05) is 59.2 Å². The average Bonchev–Trinajstić information content (AvgIpc) is 3.27. The van der Waals surface area contributed by atoms with Crippen molar-refractivity contribution in [1.82, 2.24) is 15.5 Å². The molecule has 2 aliphatic heterocycles. The molecule has 7 heteroatoms. The van der Waals surface area contributed by atoms with Crippen molar-refractivity contribution in [3.63, 3.8) is 0 Å². The van der Waals surface area contributed by atoms with Crippen LogP contribution in [0.2, 0.25) is 0 Å². The van der Waals surface area contributed by atoms with Gasteiger partial charge in [-0.25, -0.2) is 0 Å². The van der Waals surface area contributed by atoms with Crippen molar-refractivity contribution in [2.45, 2.75) is 64.3 Å². The van der Waals surface area contributed by atoms with Crippen LogP contribution in [0.5, 0.6) is 0 Å². The Balaban J connectivity index is 0.00000300. The molecule has 1 saturated carbocycles. The standard InChI is InChI=1S/C22H42N4O2.HI/c1-2-23-22(24-11-6-9-19-7-4-3-5-8-19)25-17-21(20-10-14-28-18-20)26-12-15-27-16-13-26;/h19-21H,2-18H2,1H3,(H2,23,24,25);1H. The summed E-state index contributed by atoms with van der Waals surface area (Å²) in [5.41, 5.74) is 0. The number of halogens is 1. The third-order valence-electron chi connectivity index (χ3n) is 6.61. The normalized spacial score (nSPS) is 25.4.